The van der Waals surface area contributed by atoms with Crippen LogP contribution in [0.25, 0.3) is 10.9 Å². The van der Waals surface area contributed by atoms with Gasteiger partial charge in [0.15, 0.2) is 0 Å². The summed E-state index contributed by atoms with van der Waals surface area (Å²) < 4.78 is 10.8. The van der Waals surface area contributed by atoms with E-state index in [1.54, 1.807) is 14.2 Å². The maximum absolute atomic E-state index is 5.53. The number of nitrogens with zero attached hydrogens (tertiary/aromatic N) is 1. The molecule has 0 atom stereocenters. The highest BCUT2D eigenvalue weighted by Gasteiger charge is 2.09. The van der Waals surface area contributed by atoms with Gasteiger partial charge >= 0.3 is 0 Å². The van der Waals surface area contributed by atoms with Crippen molar-refractivity contribution >= 4 is 10.9 Å². The van der Waals surface area contributed by atoms with Gasteiger partial charge in [-0.1, -0.05) is 36.0 Å². The lowest BCUT2D eigenvalue weighted by Gasteiger charge is -2.10. The monoisotopic (exact) mass is 293 g/mol. The molecule has 0 bridgehead atoms. The predicted molar refractivity (Wildman–Crippen MR) is 89.5 cm³/mol. The number of aromatic nitrogens is 1. The van der Waals surface area contributed by atoms with Crippen LogP contribution in [0, 0.1) is 0 Å². The fourth-order valence-electron chi connectivity index (χ4n) is 2.60. The van der Waals surface area contributed by atoms with Crippen LogP contribution in [0.4, 0.5) is 0 Å². The minimum atomic E-state index is 0.804. The van der Waals surface area contributed by atoms with Gasteiger partial charge in [0.05, 0.1) is 19.7 Å². The summed E-state index contributed by atoms with van der Waals surface area (Å²) in [5.74, 6) is 1.65. The number of rotatable bonds is 4. The molecule has 22 heavy (non-hydrogen) atoms. The molecule has 112 valence electrons. The van der Waals surface area contributed by atoms with Gasteiger partial charge in [0, 0.05) is 29.6 Å². The highest BCUT2D eigenvalue weighted by atomic mass is 16.5. The first-order valence-electron chi connectivity index (χ1n) is 7.33. The third kappa shape index (κ3) is 3.03. The van der Waals surface area contributed by atoms with Crippen molar-refractivity contribution in [3.63, 3.8) is 0 Å². The normalized spacial score (nSPS) is 13.8. The van der Waals surface area contributed by atoms with Crippen LogP contribution in [-0.4, -0.2) is 19.2 Å². The van der Waals surface area contributed by atoms with E-state index >= 15 is 0 Å². The SMILES string of the molecule is COc1ccc2c(OC)cc(CC3=CC=CC=CC3)nc2c1. The summed E-state index contributed by atoms with van der Waals surface area (Å²) in [7, 11) is 3.36. The van der Waals surface area contributed by atoms with Gasteiger partial charge in [0.1, 0.15) is 11.5 Å². The Morgan fingerprint density at radius 2 is 1.95 bits per heavy atom. The number of ether oxygens (including phenoxy) is 2. The Morgan fingerprint density at radius 1 is 1.05 bits per heavy atom. The Labute approximate surface area is 130 Å². The zero-order valence-electron chi connectivity index (χ0n) is 12.9. The van der Waals surface area contributed by atoms with Crippen molar-refractivity contribution in [2.24, 2.45) is 0 Å². The van der Waals surface area contributed by atoms with E-state index in [1.165, 1.54) is 5.57 Å². The summed E-state index contributed by atoms with van der Waals surface area (Å²) in [5.41, 5.74) is 3.24. The summed E-state index contributed by atoms with van der Waals surface area (Å²) in [6.45, 7) is 0. The van der Waals surface area contributed by atoms with Gasteiger partial charge in [0.2, 0.25) is 0 Å². The maximum Gasteiger partial charge on any atom is 0.130 e. The van der Waals surface area contributed by atoms with Crippen LogP contribution in [0.5, 0.6) is 11.5 Å². The summed E-state index contributed by atoms with van der Waals surface area (Å²) >= 11 is 0. The quantitative estimate of drug-likeness (QED) is 0.845. The van der Waals surface area contributed by atoms with Crippen molar-refractivity contribution < 1.29 is 9.47 Å². The zero-order chi connectivity index (χ0) is 15.4. The average Bonchev–Trinajstić information content (AvgIpc) is 2.82. The molecule has 1 aliphatic carbocycles. The van der Waals surface area contributed by atoms with Crippen molar-refractivity contribution in [2.45, 2.75) is 12.8 Å². The van der Waals surface area contributed by atoms with E-state index in [0.29, 0.717) is 0 Å². The van der Waals surface area contributed by atoms with Gasteiger partial charge in [-0.2, -0.15) is 0 Å². The first-order valence-corrected chi connectivity index (χ1v) is 7.33. The molecule has 0 unspecified atom stereocenters. The molecule has 3 rings (SSSR count). The van der Waals surface area contributed by atoms with Gasteiger partial charge < -0.3 is 9.47 Å². The third-order valence-electron chi connectivity index (χ3n) is 3.73. The number of hydrogen-bond acceptors (Lipinski definition) is 3. The topological polar surface area (TPSA) is 31.4 Å². The fourth-order valence-corrected chi connectivity index (χ4v) is 2.60. The molecular formula is C19H19NO2. The fraction of sp³-hybridized carbons (Fsp3) is 0.211. The number of pyridine rings is 1. The highest BCUT2D eigenvalue weighted by Crippen LogP contribution is 2.29. The first kappa shape index (κ1) is 14.4. The number of methoxy groups -OCH3 is 2. The van der Waals surface area contributed by atoms with Gasteiger partial charge in [0.25, 0.3) is 0 Å². The molecule has 0 fully saturated rings. The van der Waals surface area contributed by atoms with Crippen molar-refractivity contribution in [3.8, 4) is 11.5 Å². The van der Waals surface area contributed by atoms with Crippen LogP contribution >= 0.6 is 0 Å². The molecule has 2 aromatic rings. The van der Waals surface area contributed by atoms with E-state index < -0.39 is 0 Å². The molecule has 0 saturated heterocycles. The van der Waals surface area contributed by atoms with E-state index in [4.69, 9.17) is 14.5 Å². The number of benzene rings is 1. The number of fused-ring (bicyclic) bond motifs is 1. The molecule has 1 aromatic carbocycles. The van der Waals surface area contributed by atoms with E-state index in [1.807, 2.05) is 30.3 Å². The lowest BCUT2D eigenvalue weighted by Crippen LogP contribution is -1.97. The van der Waals surface area contributed by atoms with E-state index in [9.17, 15) is 0 Å². The largest absolute Gasteiger partial charge is 0.497 e. The molecule has 0 aliphatic heterocycles. The maximum atomic E-state index is 5.53. The minimum absolute atomic E-state index is 0.804. The Morgan fingerprint density at radius 3 is 2.77 bits per heavy atom. The predicted octanol–water partition coefficient (Wildman–Crippen LogP) is 4.24. The molecule has 0 spiro atoms. The van der Waals surface area contributed by atoms with E-state index in [-0.39, 0.29) is 0 Å². The van der Waals surface area contributed by atoms with Gasteiger partial charge in [-0.25, -0.2) is 0 Å². The Bertz CT molecular complexity index is 772. The van der Waals surface area contributed by atoms with Crippen LogP contribution in [0.15, 0.2) is 60.2 Å². The van der Waals surface area contributed by atoms with E-state index in [2.05, 4.69) is 24.3 Å². The standard InChI is InChI=1S/C19H19NO2/c1-21-16-9-10-17-18(13-16)20-15(12-19(17)22-2)11-14-7-5-3-4-6-8-14/h3-7,9-10,12-13H,8,11H2,1-2H3. The van der Waals surface area contributed by atoms with Crippen molar-refractivity contribution in [3.05, 3.63) is 65.9 Å². The molecule has 3 nitrogen and oxygen atoms in total. The Balaban J connectivity index is 2.00. The first-order chi connectivity index (χ1) is 10.8. The molecule has 0 amide bonds. The summed E-state index contributed by atoms with van der Waals surface area (Å²) in [6.07, 6.45) is 12.3. The molecule has 3 heteroatoms. The van der Waals surface area contributed by atoms with Crippen molar-refractivity contribution in [2.75, 3.05) is 14.2 Å². The molecule has 1 aliphatic rings. The second-order valence-electron chi connectivity index (χ2n) is 5.22. The summed E-state index contributed by atoms with van der Waals surface area (Å²) in [5, 5.41) is 1.00. The minimum Gasteiger partial charge on any atom is -0.497 e. The molecule has 1 heterocycles. The van der Waals surface area contributed by atoms with Crippen molar-refractivity contribution in [1.29, 1.82) is 0 Å². The molecule has 0 saturated carbocycles. The zero-order valence-corrected chi connectivity index (χ0v) is 12.9. The molecular weight excluding hydrogens is 274 g/mol. The molecule has 0 N–H and O–H groups in total. The lowest BCUT2D eigenvalue weighted by molar-refractivity contribution is 0.414. The lowest BCUT2D eigenvalue weighted by atomic mass is 10.0. The number of hydrogen-bond donors (Lipinski definition) is 0. The summed E-state index contributed by atoms with van der Waals surface area (Å²) in [4.78, 5) is 4.77. The van der Waals surface area contributed by atoms with Gasteiger partial charge in [-0.3, -0.25) is 4.98 Å². The molecule has 0 radical (unpaired) electrons. The smallest absolute Gasteiger partial charge is 0.130 e. The van der Waals surface area contributed by atoms with Crippen LogP contribution in [0.1, 0.15) is 12.1 Å². The van der Waals surface area contributed by atoms with Crippen molar-refractivity contribution in [1.82, 2.24) is 4.98 Å². The van der Waals surface area contributed by atoms with Crippen LogP contribution in [0.2, 0.25) is 0 Å². The highest BCUT2D eigenvalue weighted by molar-refractivity contribution is 5.86. The second-order valence-corrected chi connectivity index (χ2v) is 5.22. The van der Waals surface area contributed by atoms with Gasteiger partial charge in [-0.05, 0) is 18.6 Å². The third-order valence-corrected chi connectivity index (χ3v) is 3.73. The van der Waals surface area contributed by atoms with Crippen LogP contribution in [-0.2, 0) is 6.42 Å². The van der Waals surface area contributed by atoms with Crippen LogP contribution < -0.4 is 9.47 Å². The van der Waals surface area contributed by atoms with E-state index in [0.717, 1.165) is 40.9 Å². The molecule has 1 aromatic heterocycles. The second kappa shape index (κ2) is 6.48. The Hall–Kier alpha value is -2.55. The Kier molecular flexibility index (Phi) is 4.24. The average molecular weight is 293 g/mol. The summed E-state index contributed by atoms with van der Waals surface area (Å²) in [6, 6.07) is 7.88. The number of allylic oxidation sites excluding steroid dienone is 6. The van der Waals surface area contributed by atoms with Gasteiger partial charge in [-0.15, -0.1) is 0 Å². The van der Waals surface area contributed by atoms with Crippen LogP contribution in [0.3, 0.4) is 0 Å².